The first kappa shape index (κ1) is 10.2. The number of anilines is 1. The Labute approximate surface area is 89.6 Å². The molecule has 0 atom stereocenters. The van der Waals surface area contributed by atoms with E-state index in [1.807, 2.05) is 0 Å². The van der Waals surface area contributed by atoms with Crippen LogP contribution >= 0.6 is 0 Å². The largest absolute Gasteiger partial charge is 0.504 e. The van der Waals surface area contributed by atoms with Gasteiger partial charge in [0, 0.05) is 0 Å². The number of para-hydroxylation sites is 1. The van der Waals surface area contributed by atoms with Gasteiger partial charge in [0.25, 0.3) is 5.56 Å². The zero-order valence-corrected chi connectivity index (χ0v) is 8.09. The molecule has 2 aromatic rings. The first-order valence-corrected chi connectivity index (χ1v) is 4.43. The molecular formula is C10H8FN3O2. The molecule has 0 amide bonds. The number of nitrogens with two attached hydrogens (primary N) is 1. The van der Waals surface area contributed by atoms with E-state index in [2.05, 4.69) is 5.10 Å². The number of hydrogen-bond acceptors (Lipinski definition) is 4. The zero-order valence-electron chi connectivity index (χ0n) is 8.09. The second-order valence-corrected chi connectivity index (χ2v) is 3.12. The van der Waals surface area contributed by atoms with Gasteiger partial charge in [0.2, 0.25) is 0 Å². The van der Waals surface area contributed by atoms with Crippen LogP contribution < -0.4 is 11.3 Å². The average Bonchev–Trinajstić information content (AvgIpc) is 2.25. The lowest BCUT2D eigenvalue weighted by atomic mass is 10.3. The highest BCUT2D eigenvalue weighted by atomic mass is 19.1. The summed E-state index contributed by atoms with van der Waals surface area (Å²) in [6, 6.07) is 6.53. The molecule has 16 heavy (non-hydrogen) atoms. The maximum atomic E-state index is 13.4. The van der Waals surface area contributed by atoms with Crippen LogP contribution in [0.25, 0.3) is 5.69 Å². The predicted molar refractivity (Wildman–Crippen MR) is 55.9 cm³/mol. The third-order valence-corrected chi connectivity index (χ3v) is 2.02. The van der Waals surface area contributed by atoms with Gasteiger partial charge < -0.3 is 10.8 Å². The van der Waals surface area contributed by atoms with Gasteiger partial charge in [-0.15, -0.1) is 5.10 Å². The Morgan fingerprint density at radius 2 is 2.06 bits per heavy atom. The van der Waals surface area contributed by atoms with Crippen molar-refractivity contribution in [1.29, 1.82) is 0 Å². The van der Waals surface area contributed by atoms with Crippen LogP contribution in [-0.4, -0.2) is 14.9 Å². The van der Waals surface area contributed by atoms with Crippen LogP contribution in [0.5, 0.6) is 5.75 Å². The molecule has 5 nitrogen and oxygen atoms in total. The summed E-state index contributed by atoms with van der Waals surface area (Å²) in [5.74, 6) is -1.25. The fourth-order valence-corrected chi connectivity index (χ4v) is 1.26. The maximum absolute atomic E-state index is 13.4. The maximum Gasteiger partial charge on any atom is 0.275 e. The lowest BCUT2D eigenvalue weighted by Gasteiger charge is -2.06. The quantitative estimate of drug-likeness (QED) is 0.741. The third-order valence-electron chi connectivity index (χ3n) is 2.02. The minimum absolute atomic E-state index is 0.0146. The molecule has 0 aliphatic rings. The van der Waals surface area contributed by atoms with E-state index in [0.29, 0.717) is 0 Å². The number of aromatic hydroxyl groups is 1. The van der Waals surface area contributed by atoms with Gasteiger partial charge in [-0.1, -0.05) is 12.1 Å². The number of hydrogen-bond donors (Lipinski definition) is 2. The molecule has 82 valence electrons. The molecule has 0 aliphatic carbocycles. The van der Waals surface area contributed by atoms with E-state index >= 15 is 0 Å². The van der Waals surface area contributed by atoms with Crippen molar-refractivity contribution in [2.75, 3.05) is 5.73 Å². The number of benzene rings is 1. The predicted octanol–water partition coefficient (Wildman–Crippen LogP) is 0.659. The Morgan fingerprint density at radius 3 is 2.75 bits per heavy atom. The summed E-state index contributed by atoms with van der Waals surface area (Å²) in [4.78, 5) is 11.5. The Hall–Kier alpha value is -2.37. The molecule has 2 rings (SSSR count). The summed E-state index contributed by atoms with van der Waals surface area (Å²) < 4.78 is 14.2. The van der Waals surface area contributed by atoms with Crippen LogP contribution in [0.2, 0.25) is 0 Å². The van der Waals surface area contributed by atoms with E-state index in [9.17, 15) is 9.18 Å². The number of aromatic nitrogens is 2. The number of nitrogen functional groups attached to an aromatic ring is 1. The van der Waals surface area contributed by atoms with Gasteiger partial charge in [-0.05, 0) is 12.1 Å². The van der Waals surface area contributed by atoms with E-state index in [0.717, 1.165) is 10.7 Å². The molecule has 0 bridgehead atoms. The van der Waals surface area contributed by atoms with Crippen molar-refractivity contribution >= 4 is 5.82 Å². The lowest BCUT2D eigenvalue weighted by Crippen LogP contribution is -2.22. The number of halogens is 1. The van der Waals surface area contributed by atoms with Crippen molar-refractivity contribution in [3.05, 3.63) is 46.5 Å². The fourth-order valence-electron chi connectivity index (χ4n) is 1.26. The molecule has 6 heteroatoms. The van der Waals surface area contributed by atoms with Crippen LogP contribution in [0.4, 0.5) is 10.2 Å². The molecule has 0 radical (unpaired) electrons. The van der Waals surface area contributed by atoms with Gasteiger partial charge in [-0.3, -0.25) is 4.79 Å². The van der Waals surface area contributed by atoms with Crippen molar-refractivity contribution < 1.29 is 9.50 Å². The van der Waals surface area contributed by atoms with Gasteiger partial charge in [0.1, 0.15) is 11.5 Å². The molecule has 0 saturated heterocycles. The molecule has 1 aromatic carbocycles. The fraction of sp³-hybridized carbons (Fsp3) is 0. The highest BCUT2D eigenvalue weighted by Crippen LogP contribution is 2.15. The summed E-state index contributed by atoms with van der Waals surface area (Å²) in [5, 5.41) is 12.7. The highest BCUT2D eigenvalue weighted by Gasteiger charge is 2.09. The summed E-state index contributed by atoms with van der Waals surface area (Å²) >= 11 is 0. The Kier molecular flexibility index (Phi) is 2.32. The molecule has 0 saturated carbocycles. The Morgan fingerprint density at radius 1 is 1.38 bits per heavy atom. The molecule has 0 spiro atoms. The van der Waals surface area contributed by atoms with E-state index in [4.69, 9.17) is 10.8 Å². The highest BCUT2D eigenvalue weighted by molar-refractivity contribution is 5.44. The van der Waals surface area contributed by atoms with Crippen molar-refractivity contribution in [1.82, 2.24) is 9.78 Å². The number of nitrogens with zero attached hydrogens (tertiary/aromatic N) is 2. The van der Waals surface area contributed by atoms with Gasteiger partial charge in [0.15, 0.2) is 11.6 Å². The van der Waals surface area contributed by atoms with Crippen LogP contribution in [-0.2, 0) is 0 Å². The summed E-state index contributed by atoms with van der Waals surface area (Å²) in [6.45, 7) is 0. The van der Waals surface area contributed by atoms with Crippen molar-refractivity contribution in [3.8, 4) is 11.4 Å². The monoisotopic (exact) mass is 221 g/mol. The second-order valence-electron chi connectivity index (χ2n) is 3.12. The summed E-state index contributed by atoms with van der Waals surface area (Å²) in [7, 11) is 0. The molecular weight excluding hydrogens is 213 g/mol. The molecule has 1 heterocycles. The smallest absolute Gasteiger partial charge is 0.275 e. The van der Waals surface area contributed by atoms with Crippen molar-refractivity contribution in [3.63, 3.8) is 0 Å². The van der Waals surface area contributed by atoms with E-state index in [-0.39, 0.29) is 11.5 Å². The van der Waals surface area contributed by atoms with E-state index in [1.54, 1.807) is 6.07 Å². The second kappa shape index (κ2) is 3.65. The average molecular weight is 221 g/mol. The topological polar surface area (TPSA) is 81.1 Å². The Balaban J connectivity index is 2.70. The van der Waals surface area contributed by atoms with Crippen LogP contribution in [0.1, 0.15) is 0 Å². The minimum Gasteiger partial charge on any atom is -0.504 e. The van der Waals surface area contributed by atoms with Crippen LogP contribution in [0, 0.1) is 5.82 Å². The Bertz CT molecular complexity index is 595. The number of rotatable bonds is 1. The van der Waals surface area contributed by atoms with Crippen LogP contribution in [0.3, 0.4) is 0 Å². The first-order valence-electron chi connectivity index (χ1n) is 4.43. The standard InChI is InChI=1S/C10H8FN3O2/c11-6-3-1-2-4-7(6)14-9(16)5-8(15)10(12)13-14/h1-5,15H,(H2,12,13). The van der Waals surface area contributed by atoms with Crippen molar-refractivity contribution in [2.24, 2.45) is 0 Å². The van der Waals surface area contributed by atoms with Gasteiger partial charge >= 0.3 is 0 Å². The van der Waals surface area contributed by atoms with Crippen molar-refractivity contribution in [2.45, 2.75) is 0 Å². The summed E-state index contributed by atoms with van der Waals surface area (Å²) in [6.07, 6.45) is 0. The summed E-state index contributed by atoms with van der Waals surface area (Å²) in [5.41, 5.74) is 4.66. The van der Waals surface area contributed by atoms with Gasteiger partial charge in [-0.2, -0.15) is 4.68 Å². The van der Waals surface area contributed by atoms with Gasteiger partial charge in [-0.25, -0.2) is 4.39 Å². The molecule has 3 N–H and O–H groups in total. The van der Waals surface area contributed by atoms with E-state index in [1.165, 1.54) is 18.2 Å². The van der Waals surface area contributed by atoms with Crippen LogP contribution in [0.15, 0.2) is 35.1 Å². The minimum atomic E-state index is -0.656. The first-order chi connectivity index (χ1) is 7.59. The molecule has 0 aliphatic heterocycles. The molecule has 0 unspecified atom stereocenters. The lowest BCUT2D eigenvalue weighted by molar-refractivity contribution is 0.470. The van der Waals surface area contributed by atoms with Gasteiger partial charge in [0.05, 0.1) is 6.07 Å². The SMILES string of the molecule is Nc1nn(-c2ccccc2F)c(=O)cc1O. The molecule has 0 fully saturated rings. The zero-order chi connectivity index (χ0) is 11.7. The third kappa shape index (κ3) is 1.60. The van der Waals surface area contributed by atoms with E-state index < -0.39 is 17.1 Å². The normalized spacial score (nSPS) is 10.3. The molecule has 1 aromatic heterocycles.